The topological polar surface area (TPSA) is 38.3 Å². The van der Waals surface area contributed by atoms with Gasteiger partial charge in [0, 0.05) is 12.5 Å². The van der Waals surface area contributed by atoms with E-state index in [4.69, 9.17) is 4.74 Å². The molecule has 1 fully saturated rings. The largest absolute Gasteiger partial charge is 0.493 e. The number of para-hydroxylation sites is 1. The molecule has 0 heterocycles. The van der Waals surface area contributed by atoms with Gasteiger partial charge in [0.05, 0.1) is 12.2 Å². The number of hydrogen-bond acceptors (Lipinski definition) is 3. The van der Waals surface area contributed by atoms with Crippen LogP contribution in [0.15, 0.2) is 24.3 Å². The second kappa shape index (κ2) is 8.83. The first-order valence-corrected chi connectivity index (χ1v) is 8.29. The number of Topliss-reactive ketones (excluding diaryl/α,β-unsaturated/α-hetero) is 1. The number of carbonyl (C=O) groups excluding carboxylic acids is 1. The fourth-order valence-electron chi connectivity index (χ4n) is 2.86. The van der Waals surface area contributed by atoms with Crippen LogP contribution in [0.5, 0.6) is 5.75 Å². The van der Waals surface area contributed by atoms with E-state index in [2.05, 4.69) is 5.32 Å². The van der Waals surface area contributed by atoms with E-state index in [1.807, 2.05) is 31.2 Å². The molecule has 0 radical (unpaired) electrons. The molecule has 2 rings (SSSR count). The summed E-state index contributed by atoms with van der Waals surface area (Å²) in [7, 11) is 0. The van der Waals surface area contributed by atoms with Gasteiger partial charge in [0.15, 0.2) is 5.78 Å². The van der Waals surface area contributed by atoms with E-state index < -0.39 is 0 Å². The molecular formula is C18H27NO2. The quantitative estimate of drug-likeness (QED) is 0.552. The number of carbonyl (C=O) groups is 1. The summed E-state index contributed by atoms with van der Waals surface area (Å²) in [5.74, 6) is 0.876. The number of benzene rings is 1. The molecule has 0 spiro atoms. The van der Waals surface area contributed by atoms with Crippen molar-refractivity contribution in [3.05, 3.63) is 29.8 Å². The zero-order chi connectivity index (χ0) is 14.9. The van der Waals surface area contributed by atoms with Gasteiger partial charge in [-0.05, 0) is 44.4 Å². The van der Waals surface area contributed by atoms with Crippen LogP contribution in [0.4, 0.5) is 0 Å². The minimum atomic E-state index is 0.147. The molecule has 0 atom stereocenters. The lowest BCUT2D eigenvalue weighted by Crippen LogP contribution is -2.27. The van der Waals surface area contributed by atoms with Crippen molar-refractivity contribution in [2.45, 2.75) is 57.9 Å². The average molecular weight is 289 g/mol. The summed E-state index contributed by atoms with van der Waals surface area (Å²) in [5.41, 5.74) is 0.712. The molecule has 0 bridgehead atoms. The van der Waals surface area contributed by atoms with E-state index in [-0.39, 0.29) is 5.78 Å². The van der Waals surface area contributed by atoms with E-state index >= 15 is 0 Å². The van der Waals surface area contributed by atoms with Crippen molar-refractivity contribution in [2.75, 3.05) is 13.2 Å². The van der Waals surface area contributed by atoms with Gasteiger partial charge in [-0.2, -0.15) is 0 Å². The monoisotopic (exact) mass is 289 g/mol. The molecule has 3 nitrogen and oxygen atoms in total. The van der Waals surface area contributed by atoms with Crippen molar-refractivity contribution in [1.82, 2.24) is 5.32 Å². The molecule has 0 amide bonds. The summed E-state index contributed by atoms with van der Waals surface area (Å²) in [4.78, 5) is 11.8. The number of ketones is 1. The van der Waals surface area contributed by atoms with Crippen molar-refractivity contribution in [2.24, 2.45) is 0 Å². The van der Waals surface area contributed by atoms with Gasteiger partial charge in [0.1, 0.15) is 5.75 Å². The Bertz CT molecular complexity index is 439. The van der Waals surface area contributed by atoms with E-state index in [1.54, 1.807) is 0 Å². The maximum atomic E-state index is 11.8. The van der Waals surface area contributed by atoms with Crippen molar-refractivity contribution in [3.63, 3.8) is 0 Å². The Morgan fingerprint density at radius 3 is 2.76 bits per heavy atom. The van der Waals surface area contributed by atoms with Crippen LogP contribution in [-0.4, -0.2) is 25.0 Å². The van der Waals surface area contributed by atoms with Crippen LogP contribution in [0.1, 0.15) is 62.2 Å². The summed E-state index contributed by atoms with van der Waals surface area (Å²) in [6.07, 6.45) is 8.10. The molecule has 0 aliphatic heterocycles. The van der Waals surface area contributed by atoms with Crippen molar-refractivity contribution in [3.8, 4) is 5.75 Å². The van der Waals surface area contributed by atoms with Gasteiger partial charge in [0.2, 0.25) is 0 Å². The molecule has 1 aliphatic carbocycles. The predicted molar refractivity (Wildman–Crippen MR) is 86.1 cm³/mol. The predicted octanol–water partition coefficient (Wildman–Crippen LogP) is 3.97. The number of ether oxygens (including phenoxy) is 1. The number of unbranched alkanes of at least 4 members (excludes halogenated alkanes) is 1. The third-order valence-electron chi connectivity index (χ3n) is 4.13. The van der Waals surface area contributed by atoms with E-state index in [0.29, 0.717) is 18.6 Å². The highest BCUT2D eigenvalue weighted by atomic mass is 16.5. The lowest BCUT2D eigenvalue weighted by molar-refractivity contribution is 0.0984. The first kappa shape index (κ1) is 16.0. The van der Waals surface area contributed by atoms with Gasteiger partial charge < -0.3 is 10.1 Å². The fourth-order valence-corrected chi connectivity index (χ4v) is 2.86. The molecule has 1 N–H and O–H groups in total. The molecule has 0 saturated heterocycles. The Hall–Kier alpha value is -1.35. The van der Waals surface area contributed by atoms with Crippen LogP contribution in [-0.2, 0) is 0 Å². The average Bonchev–Trinajstić information content (AvgIpc) is 3.03. The third kappa shape index (κ3) is 5.16. The highest BCUT2D eigenvalue weighted by Crippen LogP contribution is 2.20. The van der Waals surface area contributed by atoms with E-state index in [1.165, 1.54) is 25.7 Å². The SMILES string of the molecule is CCC(=O)c1ccccc1OCCCCNC1CCCC1. The van der Waals surface area contributed by atoms with Crippen molar-refractivity contribution >= 4 is 5.78 Å². The Morgan fingerprint density at radius 2 is 2.00 bits per heavy atom. The normalized spacial score (nSPS) is 15.3. The Kier molecular flexibility index (Phi) is 6.74. The number of rotatable bonds is 9. The van der Waals surface area contributed by atoms with Crippen LogP contribution in [0.25, 0.3) is 0 Å². The zero-order valence-corrected chi connectivity index (χ0v) is 13.1. The molecule has 1 aromatic rings. The molecule has 0 aromatic heterocycles. The van der Waals surface area contributed by atoms with Crippen LogP contribution in [0.3, 0.4) is 0 Å². The summed E-state index contributed by atoms with van der Waals surface area (Å²) >= 11 is 0. The van der Waals surface area contributed by atoms with Gasteiger partial charge >= 0.3 is 0 Å². The van der Waals surface area contributed by atoms with Gasteiger partial charge in [-0.3, -0.25) is 4.79 Å². The highest BCUT2D eigenvalue weighted by Gasteiger charge is 2.13. The first-order valence-electron chi connectivity index (χ1n) is 8.29. The first-order chi connectivity index (χ1) is 10.3. The van der Waals surface area contributed by atoms with Crippen molar-refractivity contribution in [1.29, 1.82) is 0 Å². The van der Waals surface area contributed by atoms with Gasteiger partial charge in [-0.15, -0.1) is 0 Å². The van der Waals surface area contributed by atoms with Gasteiger partial charge in [0.25, 0.3) is 0 Å². The highest BCUT2D eigenvalue weighted by molar-refractivity contribution is 5.98. The smallest absolute Gasteiger partial charge is 0.166 e. The summed E-state index contributed by atoms with van der Waals surface area (Å²) in [5, 5.41) is 3.61. The fraction of sp³-hybridized carbons (Fsp3) is 0.611. The molecule has 1 aromatic carbocycles. The van der Waals surface area contributed by atoms with Crippen LogP contribution < -0.4 is 10.1 Å². The Labute approximate surface area is 128 Å². The summed E-state index contributed by atoms with van der Waals surface area (Å²) in [6.45, 7) is 3.64. The van der Waals surface area contributed by atoms with Gasteiger partial charge in [-0.25, -0.2) is 0 Å². The third-order valence-corrected chi connectivity index (χ3v) is 4.13. The maximum Gasteiger partial charge on any atom is 0.166 e. The van der Waals surface area contributed by atoms with Crippen molar-refractivity contribution < 1.29 is 9.53 Å². The lowest BCUT2D eigenvalue weighted by atomic mass is 10.1. The standard InChI is InChI=1S/C18H27NO2/c1-2-17(20)16-11-5-6-12-18(16)21-14-8-7-13-19-15-9-3-4-10-15/h5-6,11-12,15,19H,2-4,7-10,13-14H2,1H3. The van der Waals surface area contributed by atoms with E-state index in [0.717, 1.165) is 31.2 Å². The maximum absolute atomic E-state index is 11.8. The molecule has 3 heteroatoms. The Balaban J connectivity index is 1.65. The van der Waals surface area contributed by atoms with Crippen LogP contribution in [0, 0.1) is 0 Å². The molecule has 21 heavy (non-hydrogen) atoms. The molecule has 1 aliphatic rings. The molecule has 0 unspecified atom stereocenters. The van der Waals surface area contributed by atoms with Gasteiger partial charge in [-0.1, -0.05) is 31.9 Å². The lowest BCUT2D eigenvalue weighted by Gasteiger charge is -2.12. The number of hydrogen-bond donors (Lipinski definition) is 1. The minimum Gasteiger partial charge on any atom is -0.493 e. The summed E-state index contributed by atoms with van der Waals surface area (Å²) < 4.78 is 5.78. The van der Waals surface area contributed by atoms with Crippen LogP contribution in [0.2, 0.25) is 0 Å². The second-order valence-electron chi connectivity index (χ2n) is 5.76. The number of nitrogens with one attached hydrogen (secondary N) is 1. The zero-order valence-electron chi connectivity index (χ0n) is 13.1. The molecule has 1 saturated carbocycles. The second-order valence-corrected chi connectivity index (χ2v) is 5.76. The molecular weight excluding hydrogens is 262 g/mol. The minimum absolute atomic E-state index is 0.147. The summed E-state index contributed by atoms with van der Waals surface area (Å²) in [6, 6.07) is 8.29. The Morgan fingerprint density at radius 1 is 1.24 bits per heavy atom. The van der Waals surface area contributed by atoms with E-state index in [9.17, 15) is 4.79 Å². The molecule has 116 valence electrons. The van der Waals surface area contributed by atoms with Crippen LogP contribution >= 0.6 is 0 Å².